The molecule has 0 saturated heterocycles. The van der Waals surface area contributed by atoms with Gasteiger partial charge >= 0.3 is 5.97 Å². The van der Waals surface area contributed by atoms with Crippen LogP contribution < -0.4 is 24.4 Å². The summed E-state index contributed by atoms with van der Waals surface area (Å²) in [5.41, 5.74) is 3.20. The van der Waals surface area contributed by atoms with Crippen LogP contribution in [0.15, 0.2) is 99.9 Å². The molecule has 4 aromatic rings. The van der Waals surface area contributed by atoms with Crippen molar-refractivity contribution in [3.05, 3.63) is 127 Å². The highest BCUT2D eigenvalue weighted by atomic mass is 32.1. The van der Waals surface area contributed by atoms with Crippen LogP contribution in [0.4, 0.5) is 0 Å². The van der Waals surface area contributed by atoms with E-state index in [-0.39, 0.29) is 12.2 Å². The van der Waals surface area contributed by atoms with Gasteiger partial charge in [-0.1, -0.05) is 72.0 Å². The van der Waals surface area contributed by atoms with E-state index in [1.54, 1.807) is 25.5 Å². The number of allylic oxidation sites excluding steroid dienone is 1. The molecule has 0 N–H and O–H groups in total. The Morgan fingerprint density at radius 3 is 2.46 bits per heavy atom. The molecule has 0 saturated carbocycles. The SMILES string of the molecule is CCOC(=O)C1=C(C)N=c2s/c(=C\c3ccccc3OCc3ccccc3)c(=O)n2C1c1ccc(OC)cc1. The van der Waals surface area contributed by atoms with Gasteiger partial charge in [0.1, 0.15) is 18.1 Å². The van der Waals surface area contributed by atoms with Gasteiger partial charge in [0.2, 0.25) is 0 Å². The summed E-state index contributed by atoms with van der Waals surface area (Å²) in [6.07, 6.45) is 1.82. The molecule has 0 radical (unpaired) electrons. The molecule has 3 aromatic carbocycles. The number of nitrogens with zero attached hydrogens (tertiary/aromatic N) is 2. The van der Waals surface area contributed by atoms with Gasteiger partial charge < -0.3 is 14.2 Å². The zero-order chi connectivity index (χ0) is 27.4. The van der Waals surface area contributed by atoms with E-state index >= 15 is 0 Å². The number of methoxy groups -OCH3 is 1. The van der Waals surface area contributed by atoms with Crippen LogP contribution in [-0.4, -0.2) is 24.3 Å². The lowest BCUT2D eigenvalue weighted by atomic mass is 9.96. The minimum Gasteiger partial charge on any atom is -0.497 e. The van der Waals surface area contributed by atoms with Crippen LogP contribution >= 0.6 is 11.3 Å². The van der Waals surface area contributed by atoms with E-state index in [9.17, 15) is 9.59 Å². The number of esters is 1. The molecule has 1 aromatic heterocycles. The second kappa shape index (κ2) is 11.5. The van der Waals surface area contributed by atoms with Gasteiger partial charge in [-0.2, -0.15) is 0 Å². The van der Waals surface area contributed by atoms with Crippen molar-refractivity contribution in [1.82, 2.24) is 4.57 Å². The minimum atomic E-state index is -0.682. The Balaban J connectivity index is 1.60. The maximum atomic E-state index is 13.9. The van der Waals surface area contributed by atoms with E-state index in [2.05, 4.69) is 4.99 Å². The van der Waals surface area contributed by atoms with Crippen molar-refractivity contribution < 1.29 is 19.0 Å². The highest BCUT2D eigenvalue weighted by molar-refractivity contribution is 7.07. The van der Waals surface area contributed by atoms with Crippen molar-refractivity contribution in [2.75, 3.05) is 13.7 Å². The summed E-state index contributed by atoms with van der Waals surface area (Å²) in [7, 11) is 1.59. The first-order chi connectivity index (χ1) is 19.0. The van der Waals surface area contributed by atoms with Gasteiger partial charge in [0.15, 0.2) is 4.80 Å². The van der Waals surface area contributed by atoms with Crippen molar-refractivity contribution >= 4 is 23.4 Å². The summed E-state index contributed by atoms with van der Waals surface area (Å²) >= 11 is 1.28. The largest absolute Gasteiger partial charge is 0.497 e. The zero-order valence-corrected chi connectivity index (χ0v) is 22.7. The van der Waals surface area contributed by atoms with Crippen LogP contribution in [0.1, 0.15) is 36.6 Å². The highest BCUT2D eigenvalue weighted by Gasteiger charge is 2.33. The molecule has 198 valence electrons. The van der Waals surface area contributed by atoms with Crippen molar-refractivity contribution in [2.45, 2.75) is 26.5 Å². The molecule has 5 rings (SSSR count). The number of hydrogen-bond donors (Lipinski definition) is 0. The standard InChI is InChI=1S/C31H28N2O5S/c1-4-37-30(35)27-20(2)32-31-33(28(27)22-14-16-24(36-3)17-15-22)29(34)26(39-31)18-23-12-8-9-13-25(23)38-19-21-10-6-5-7-11-21/h5-18,28H,4,19H2,1-3H3/b26-18-. The molecule has 1 atom stereocenters. The first-order valence-electron chi connectivity index (χ1n) is 12.6. The summed E-state index contributed by atoms with van der Waals surface area (Å²) < 4.78 is 18.8. The van der Waals surface area contributed by atoms with Crippen molar-refractivity contribution in [1.29, 1.82) is 0 Å². The van der Waals surface area contributed by atoms with Crippen molar-refractivity contribution in [2.24, 2.45) is 4.99 Å². The van der Waals surface area contributed by atoms with Gasteiger partial charge in [-0.3, -0.25) is 9.36 Å². The topological polar surface area (TPSA) is 79.1 Å². The summed E-state index contributed by atoms with van der Waals surface area (Å²) in [5.74, 6) is 0.854. The van der Waals surface area contributed by atoms with Gasteiger partial charge in [0.25, 0.3) is 5.56 Å². The van der Waals surface area contributed by atoms with E-state index < -0.39 is 12.0 Å². The van der Waals surface area contributed by atoms with E-state index in [0.717, 1.165) is 16.7 Å². The van der Waals surface area contributed by atoms with Crippen molar-refractivity contribution in [3.63, 3.8) is 0 Å². The zero-order valence-electron chi connectivity index (χ0n) is 21.9. The number of hydrogen-bond acceptors (Lipinski definition) is 7. The molecular weight excluding hydrogens is 512 g/mol. The van der Waals surface area contributed by atoms with Crippen molar-refractivity contribution in [3.8, 4) is 11.5 Å². The lowest BCUT2D eigenvalue weighted by Crippen LogP contribution is -2.39. The van der Waals surface area contributed by atoms with Crippen LogP contribution in [0, 0.1) is 0 Å². The Bertz CT molecular complexity index is 1700. The first kappa shape index (κ1) is 26.2. The molecule has 8 heteroatoms. The van der Waals surface area contributed by atoms with E-state index in [0.29, 0.717) is 38.7 Å². The molecule has 39 heavy (non-hydrogen) atoms. The third-order valence-electron chi connectivity index (χ3n) is 6.39. The lowest BCUT2D eigenvalue weighted by Gasteiger charge is -2.24. The fraction of sp³-hybridized carbons (Fsp3) is 0.194. The predicted octanol–water partition coefficient (Wildman–Crippen LogP) is 4.39. The molecule has 0 amide bonds. The molecule has 0 spiro atoms. The van der Waals surface area contributed by atoms with Gasteiger partial charge in [0, 0.05) is 5.56 Å². The number of fused-ring (bicyclic) bond motifs is 1. The lowest BCUT2D eigenvalue weighted by molar-refractivity contribution is -0.139. The Kier molecular flexibility index (Phi) is 7.74. The number of benzene rings is 3. The second-order valence-corrected chi connectivity index (χ2v) is 9.90. The highest BCUT2D eigenvalue weighted by Crippen LogP contribution is 2.31. The number of aromatic nitrogens is 1. The number of rotatable bonds is 8. The third-order valence-corrected chi connectivity index (χ3v) is 7.37. The van der Waals surface area contributed by atoms with Gasteiger partial charge in [-0.25, -0.2) is 9.79 Å². The Labute approximate surface area is 229 Å². The Morgan fingerprint density at radius 2 is 1.74 bits per heavy atom. The molecule has 1 aliphatic heterocycles. The number of carbonyl (C=O) groups excluding carboxylic acids is 1. The number of para-hydroxylation sites is 1. The summed E-state index contributed by atoms with van der Waals surface area (Å²) in [6.45, 7) is 4.15. The molecule has 7 nitrogen and oxygen atoms in total. The van der Waals surface area contributed by atoms with Crippen LogP contribution in [-0.2, 0) is 16.1 Å². The Hall–Kier alpha value is -4.43. The maximum absolute atomic E-state index is 13.9. The number of thiazole rings is 1. The van der Waals surface area contributed by atoms with Gasteiger partial charge in [0.05, 0.1) is 35.6 Å². The van der Waals surface area contributed by atoms with Crippen LogP contribution in [0.2, 0.25) is 0 Å². The molecule has 2 heterocycles. The monoisotopic (exact) mass is 540 g/mol. The van der Waals surface area contributed by atoms with E-state index in [4.69, 9.17) is 14.2 Å². The predicted molar refractivity (Wildman–Crippen MR) is 151 cm³/mol. The minimum absolute atomic E-state index is 0.217. The molecule has 0 aliphatic carbocycles. The van der Waals surface area contributed by atoms with Gasteiger partial charge in [-0.15, -0.1) is 0 Å². The molecular formula is C31H28N2O5S. The van der Waals surface area contributed by atoms with Crippen LogP contribution in [0.3, 0.4) is 0 Å². The quantitative estimate of drug-likeness (QED) is 0.310. The average molecular weight is 541 g/mol. The van der Waals surface area contributed by atoms with Crippen LogP contribution in [0.25, 0.3) is 6.08 Å². The fourth-order valence-corrected chi connectivity index (χ4v) is 5.54. The van der Waals surface area contributed by atoms with Crippen LogP contribution in [0.5, 0.6) is 11.5 Å². The maximum Gasteiger partial charge on any atom is 0.338 e. The molecule has 0 fully saturated rings. The first-order valence-corrected chi connectivity index (χ1v) is 13.4. The number of carbonyl (C=O) groups is 1. The number of ether oxygens (including phenoxy) is 3. The second-order valence-electron chi connectivity index (χ2n) is 8.89. The average Bonchev–Trinajstić information content (AvgIpc) is 3.26. The molecule has 1 aliphatic rings. The normalized spacial score (nSPS) is 14.9. The summed E-state index contributed by atoms with van der Waals surface area (Å²) in [6, 6.07) is 24.2. The molecule has 0 bridgehead atoms. The smallest absolute Gasteiger partial charge is 0.338 e. The summed E-state index contributed by atoms with van der Waals surface area (Å²) in [5, 5.41) is 0. The molecule has 1 unspecified atom stereocenters. The fourth-order valence-electron chi connectivity index (χ4n) is 4.50. The van der Waals surface area contributed by atoms with Gasteiger partial charge in [-0.05, 0) is 49.2 Å². The van der Waals surface area contributed by atoms with E-state index in [1.807, 2.05) is 84.9 Å². The third kappa shape index (κ3) is 5.42. The Morgan fingerprint density at radius 1 is 1.03 bits per heavy atom. The summed E-state index contributed by atoms with van der Waals surface area (Å²) in [4.78, 5) is 32.1. The van der Waals surface area contributed by atoms with E-state index in [1.165, 1.54) is 11.3 Å².